The number of hydrogen-bond donors (Lipinski definition) is 0. The molecular weight excluding hydrogens is 316 g/mol. The predicted octanol–water partition coefficient (Wildman–Crippen LogP) is 1.03. The van der Waals surface area contributed by atoms with E-state index in [9.17, 15) is 13.2 Å². The maximum atomic E-state index is 12.6. The van der Waals surface area contributed by atoms with E-state index in [-0.39, 0.29) is 5.16 Å². The highest BCUT2D eigenvalue weighted by Gasteiger charge is 2.35. The lowest BCUT2D eigenvalue weighted by atomic mass is 10.2. The van der Waals surface area contributed by atoms with Crippen LogP contribution < -0.4 is 0 Å². The summed E-state index contributed by atoms with van der Waals surface area (Å²) in [6.45, 7) is 4.00. The molecule has 1 aromatic carbocycles. The first kappa shape index (κ1) is 17.1. The second kappa shape index (κ2) is 6.91. The van der Waals surface area contributed by atoms with Crippen LogP contribution in [0.5, 0.6) is 0 Å². The molecule has 0 bridgehead atoms. The van der Waals surface area contributed by atoms with Crippen LogP contribution in [0.1, 0.15) is 19.4 Å². The molecule has 0 saturated heterocycles. The van der Waals surface area contributed by atoms with E-state index in [0.29, 0.717) is 13.1 Å². The first-order valence-electron chi connectivity index (χ1n) is 7.28. The van der Waals surface area contributed by atoms with Gasteiger partial charge in [0.2, 0.25) is 20.9 Å². The zero-order valence-corrected chi connectivity index (χ0v) is 14.2. The number of hydrogen-bond acceptors (Lipinski definition) is 5. The van der Waals surface area contributed by atoms with E-state index in [1.807, 2.05) is 37.3 Å². The Morgan fingerprint density at radius 1 is 1.30 bits per heavy atom. The Morgan fingerprint density at radius 2 is 1.96 bits per heavy atom. The Morgan fingerprint density at radius 3 is 2.48 bits per heavy atom. The topological polar surface area (TPSA) is 85.2 Å². The van der Waals surface area contributed by atoms with Gasteiger partial charge in [-0.1, -0.05) is 30.3 Å². The molecule has 2 aromatic rings. The Kier molecular flexibility index (Phi) is 5.15. The molecule has 124 valence electrons. The highest BCUT2D eigenvalue weighted by Crippen LogP contribution is 2.16. The number of carbonyl (C=O) groups is 1. The van der Waals surface area contributed by atoms with Gasteiger partial charge in [0.1, 0.15) is 11.6 Å². The van der Waals surface area contributed by atoms with Crippen molar-refractivity contribution in [2.75, 3.05) is 6.54 Å². The number of aryl methyl sites for hydroxylation is 1. The lowest BCUT2D eigenvalue weighted by Gasteiger charge is -2.24. The summed E-state index contributed by atoms with van der Waals surface area (Å²) in [7, 11) is -2.34. The molecule has 0 spiro atoms. The second-order valence-electron chi connectivity index (χ2n) is 5.25. The second-order valence-corrected chi connectivity index (χ2v) is 7.41. The number of rotatable bonds is 6. The summed E-state index contributed by atoms with van der Waals surface area (Å²) in [4.78, 5) is 14.1. The molecule has 8 heteroatoms. The Balaban J connectivity index is 2.22. The zero-order chi connectivity index (χ0) is 17.0. The first-order chi connectivity index (χ1) is 10.9. The SMILES string of the molecule is CCN(Cc1ccccc1)C(=O)[C@H](C)S(=O)(=O)c1nncn1C. The van der Waals surface area contributed by atoms with Crippen LogP contribution in [0.3, 0.4) is 0 Å². The van der Waals surface area contributed by atoms with Gasteiger partial charge >= 0.3 is 0 Å². The number of amides is 1. The fourth-order valence-corrected chi connectivity index (χ4v) is 3.57. The standard InChI is InChI=1S/C15H20N4O3S/c1-4-19(10-13-8-6-5-7-9-13)14(20)12(2)23(21,22)15-17-16-11-18(15)3/h5-9,11-12H,4,10H2,1-3H3/t12-/m0/s1. The van der Waals surface area contributed by atoms with Crippen LogP contribution in [0.25, 0.3) is 0 Å². The van der Waals surface area contributed by atoms with Crippen LogP contribution in [0, 0.1) is 0 Å². The third-order valence-corrected chi connectivity index (χ3v) is 5.66. The maximum Gasteiger partial charge on any atom is 0.250 e. The largest absolute Gasteiger partial charge is 0.338 e. The summed E-state index contributed by atoms with van der Waals surface area (Å²) in [5.74, 6) is -0.445. The number of aromatic nitrogens is 3. The van der Waals surface area contributed by atoms with E-state index in [1.54, 1.807) is 0 Å². The van der Waals surface area contributed by atoms with Gasteiger partial charge in [0.15, 0.2) is 0 Å². The van der Waals surface area contributed by atoms with Gasteiger partial charge in [-0.05, 0) is 19.4 Å². The van der Waals surface area contributed by atoms with Gasteiger partial charge < -0.3 is 9.47 Å². The normalized spacial score (nSPS) is 12.8. The molecule has 0 radical (unpaired) electrons. The van der Waals surface area contributed by atoms with Crippen LogP contribution >= 0.6 is 0 Å². The molecule has 0 aliphatic carbocycles. The predicted molar refractivity (Wildman–Crippen MR) is 85.2 cm³/mol. The lowest BCUT2D eigenvalue weighted by Crippen LogP contribution is -2.41. The molecular formula is C15H20N4O3S. The van der Waals surface area contributed by atoms with E-state index in [2.05, 4.69) is 10.2 Å². The average Bonchev–Trinajstić information content (AvgIpc) is 2.99. The molecule has 0 fully saturated rings. The third kappa shape index (κ3) is 3.58. The summed E-state index contributed by atoms with van der Waals surface area (Å²) in [6, 6.07) is 9.46. The zero-order valence-electron chi connectivity index (χ0n) is 13.4. The monoisotopic (exact) mass is 336 g/mol. The van der Waals surface area contributed by atoms with Crippen LogP contribution in [0.15, 0.2) is 41.8 Å². The lowest BCUT2D eigenvalue weighted by molar-refractivity contribution is -0.130. The molecule has 7 nitrogen and oxygen atoms in total. The maximum absolute atomic E-state index is 12.6. The van der Waals surface area contributed by atoms with Crippen LogP contribution in [-0.4, -0.2) is 45.8 Å². The highest BCUT2D eigenvalue weighted by molar-refractivity contribution is 7.92. The van der Waals surface area contributed by atoms with E-state index in [1.165, 1.54) is 29.8 Å². The molecule has 1 amide bonds. The van der Waals surface area contributed by atoms with Crippen molar-refractivity contribution in [2.45, 2.75) is 30.8 Å². The minimum atomic E-state index is -3.87. The molecule has 1 heterocycles. The fourth-order valence-electron chi connectivity index (χ4n) is 2.23. The molecule has 2 rings (SSSR count). The molecule has 0 aliphatic rings. The van der Waals surface area contributed by atoms with E-state index in [4.69, 9.17) is 0 Å². The molecule has 0 saturated carbocycles. The average molecular weight is 336 g/mol. The highest BCUT2D eigenvalue weighted by atomic mass is 32.2. The first-order valence-corrected chi connectivity index (χ1v) is 8.83. The van der Waals surface area contributed by atoms with Crippen molar-refractivity contribution < 1.29 is 13.2 Å². The van der Waals surface area contributed by atoms with Crippen molar-refractivity contribution in [1.29, 1.82) is 0 Å². The van der Waals surface area contributed by atoms with Crippen LogP contribution in [0.4, 0.5) is 0 Å². The fraction of sp³-hybridized carbons (Fsp3) is 0.400. The van der Waals surface area contributed by atoms with E-state index < -0.39 is 21.0 Å². The number of benzene rings is 1. The van der Waals surface area contributed by atoms with Crippen LogP contribution in [0.2, 0.25) is 0 Å². The van der Waals surface area contributed by atoms with Crippen molar-refractivity contribution in [3.8, 4) is 0 Å². The molecule has 0 aliphatic heterocycles. The van der Waals surface area contributed by atoms with E-state index >= 15 is 0 Å². The Bertz CT molecular complexity index is 771. The van der Waals surface area contributed by atoms with E-state index in [0.717, 1.165) is 5.56 Å². The number of nitrogens with zero attached hydrogens (tertiary/aromatic N) is 4. The quantitative estimate of drug-likeness (QED) is 0.786. The Hall–Kier alpha value is -2.22. The van der Waals surface area contributed by atoms with Crippen molar-refractivity contribution in [3.05, 3.63) is 42.2 Å². The van der Waals surface area contributed by atoms with Crippen LogP contribution in [-0.2, 0) is 28.2 Å². The van der Waals surface area contributed by atoms with Gasteiger partial charge in [-0.3, -0.25) is 4.79 Å². The van der Waals surface area contributed by atoms with Crippen molar-refractivity contribution >= 4 is 15.7 Å². The number of sulfone groups is 1. The molecule has 1 aromatic heterocycles. The third-order valence-electron chi connectivity index (χ3n) is 3.65. The minimum absolute atomic E-state index is 0.200. The van der Waals surface area contributed by atoms with Gasteiger partial charge in [-0.2, -0.15) is 0 Å². The summed E-state index contributed by atoms with van der Waals surface area (Å²) in [5, 5.41) is 5.77. The van der Waals surface area contributed by atoms with Gasteiger partial charge in [0, 0.05) is 20.1 Å². The van der Waals surface area contributed by atoms with Crippen molar-refractivity contribution in [3.63, 3.8) is 0 Å². The summed E-state index contributed by atoms with van der Waals surface area (Å²) in [6.07, 6.45) is 1.30. The summed E-state index contributed by atoms with van der Waals surface area (Å²) < 4.78 is 26.4. The molecule has 1 atom stereocenters. The molecule has 0 N–H and O–H groups in total. The molecule has 23 heavy (non-hydrogen) atoms. The van der Waals surface area contributed by atoms with Gasteiger partial charge in [0.25, 0.3) is 0 Å². The van der Waals surface area contributed by atoms with Crippen molar-refractivity contribution in [1.82, 2.24) is 19.7 Å². The van der Waals surface area contributed by atoms with Crippen molar-refractivity contribution in [2.24, 2.45) is 7.05 Å². The smallest absolute Gasteiger partial charge is 0.250 e. The van der Waals surface area contributed by atoms with Gasteiger partial charge in [0.05, 0.1) is 0 Å². The molecule has 0 unspecified atom stereocenters. The number of carbonyl (C=O) groups excluding carboxylic acids is 1. The minimum Gasteiger partial charge on any atom is -0.338 e. The van der Waals surface area contributed by atoms with Gasteiger partial charge in [-0.25, -0.2) is 8.42 Å². The summed E-state index contributed by atoms with van der Waals surface area (Å²) >= 11 is 0. The Labute approximate surface area is 135 Å². The van der Waals surface area contributed by atoms with Gasteiger partial charge in [-0.15, -0.1) is 10.2 Å². The summed E-state index contributed by atoms with van der Waals surface area (Å²) in [5.41, 5.74) is 0.950.